The van der Waals surface area contributed by atoms with Gasteiger partial charge < -0.3 is 19.5 Å². The Morgan fingerprint density at radius 2 is 1.79 bits per heavy atom. The number of carbonyl (C=O) groups excluding carboxylic acids is 2. The second-order valence-corrected chi connectivity index (χ2v) is 7.00. The normalized spacial score (nSPS) is 14.2. The number of hydrogen-bond donors (Lipinski definition) is 1. The first kappa shape index (κ1) is 21.8. The standard InChI is InChI=1S/C26H22N2O5/c1-2-31-26(30)23-24(29)22(33-25(23)28-19-11-4-3-5-12-19)16-18-10-6-7-14-21(18)32-17-20-13-8-9-15-27-20/h3-16,28H,2,17H2,1H3. The van der Waals surface area contributed by atoms with E-state index in [2.05, 4.69) is 10.3 Å². The van der Waals surface area contributed by atoms with Crippen LogP contribution in [0.25, 0.3) is 6.08 Å². The van der Waals surface area contributed by atoms with Gasteiger partial charge in [0.1, 0.15) is 12.4 Å². The molecule has 0 saturated carbocycles. The van der Waals surface area contributed by atoms with Crippen LogP contribution >= 0.6 is 0 Å². The Hall–Kier alpha value is -4.39. The second-order valence-electron chi connectivity index (χ2n) is 7.00. The number of aromatic nitrogens is 1. The molecule has 4 rings (SSSR count). The largest absolute Gasteiger partial charge is 0.487 e. The van der Waals surface area contributed by atoms with E-state index in [-0.39, 0.29) is 30.4 Å². The molecule has 3 aromatic rings. The highest BCUT2D eigenvalue weighted by atomic mass is 16.5. The summed E-state index contributed by atoms with van der Waals surface area (Å²) >= 11 is 0. The monoisotopic (exact) mass is 442 g/mol. The van der Waals surface area contributed by atoms with E-state index in [0.717, 1.165) is 5.69 Å². The number of carbonyl (C=O) groups is 2. The van der Waals surface area contributed by atoms with Crippen molar-refractivity contribution in [3.8, 4) is 5.75 Å². The molecule has 0 atom stereocenters. The molecule has 1 aliphatic rings. The van der Waals surface area contributed by atoms with Gasteiger partial charge >= 0.3 is 5.97 Å². The summed E-state index contributed by atoms with van der Waals surface area (Å²) < 4.78 is 16.8. The zero-order chi connectivity index (χ0) is 23.0. The predicted octanol–water partition coefficient (Wildman–Crippen LogP) is 4.49. The Morgan fingerprint density at radius 3 is 2.55 bits per heavy atom. The first-order valence-electron chi connectivity index (χ1n) is 10.4. The molecular weight excluding hydrogens is 420 g/mol. The highest BCUT2D eigenvalue weighted by Crippen LogP contribution is 2.31. The van der Waals surface area contributed by atoms with Gasteiger partial charge in [-0.2, -0.15) is 0 Å². The van der Waals surface area contributed by atoms with Crippen LogP contribution in [0.3, 0.4) is 0 Å². The average molecular weight is 442 g/mol. The van der Waals surface area contributed by atoms with E-state index >= 15 is 0 Å². The maximum Gasteiger partial charge on any atom is 0.347 e. The lowest BCUT2D eigenvalue weighted by Crippen LogP contribution is -2.16. The van der Waals surface area contributed by atoms with Crippen molar-refractivity contribution in [1.82, 2.24) is 4.98 Å². The number of ether oxygens (including phenoxy) is 3. The van der Waals surface area contributed by atoms with Crippen molar-refractivity contribution in [2.75, 3.05) is 11.9 Å². The smallest absolute Gasteiger partial charge is 0.347 e. The van der Waals surface area contributed by atoms with Crippen molar-refractivity contribution in [3.63, 3.8) is 0 Å². The second kappa shape index (κ2) is 10.3. The minimum absolute atomic E-state index is 0.00892. The van der Waals surface area contributed by atoms with E-state index in [1.54, 1.807) is 43.5 Å². The van der Waals surface area contributed by atoms with Gasteiger partial charge in [0.05, 0.1) is 12.3 Å². The molecule has 0 unspecified atom stereocenters. The third-order valence-corrected chi connectivity index (χ3v) is 4.71. The van der Waals surface area contributed by atoms with E-state index in [9.17, 15) is 9.59 Å². The minimum Gasteiger partial charge on any atom is -0.487 e. The van der Waals surface area contributed by atoms with Crippen LogP contribution in [0.2, 0.25) is 0 Å². The highest BCUT2D eigenvalue weighted by molar-refractivity contribution is 6.26. The number of allylic oxidation sites excluding steroid dienone is 1. The quantitative estimate of drug-likeness (QED) is 0.312. The van der Waals surface area contributed by atoms with Crippen LogP contribution in [0.15, 0.2) is 96.2 Å². The molecule has 0 saturated heterocycles. The van der Waals surface area contributed by atoms with Gasteiger partial charge in [-0.15, -0.1) is 0 Å². The molecule has 166 valence electrons. The Kier molecular flexibility index (Phi) is 6.80. The molecular formula is C26H22N2O5. The maximum atomic E-state index is 13.1. The molecule has 2 heterocycles. The van der Waals surface area contributed by atoms with Crippen LogP contribution in [-0.2, 0) is 25.7 Å². The molecule has 33 heavy (non-hydrogen) atoms. The number of Topliss-reactive ketones (excluding diaryl/α,β-unsaturated/α-hetero) is 1. The zero-order valence-corrected chi connectivity index (χ0v) is 18.0. The van der Waals surface area contributed by atoms with Gasteiger partial charge in [-0.05, 0) is 43.3 Å². The molecule has 1 aliphatic heterocycles. The Morgan fingerprint density at radius 1 is 1.03 bits per heavy atom. The summed E-state index contributed by atoms with van der Waals surface area (Å²) in [6, 6.07) is 21.9. The molecule has 7 heteroatoms. The number of anilines is 1. The van der Waals surface area contributed by atoms with Gasteiger partial charge in [0, 0.05) is 17.4 Å². The van der Waals surface area contributed by atoms with Gasteiger partial charge in [0.25, 0.3) is 0 Å². The number of nitrogens with zero attached hydrogens (tertiary/aromatic N) is 1. The number of esters is 1. The molecule has 2 aromatic carbocycles. The number of para-hydroxylation sites is 2. The van der Waals surface area contributed by atoms with Gasteiger partial charge in [0.2, 0.25) is 11.7 Å². The highest BCUT2D eigenvalue weighted by Gasteiger charge is 2.37. The first-order chi connectivity index (χ1) is 16.2. The van der Waals surface area contributed by atoms with Gasteiger partial charge in [-0.1, -0.05) is 42.5 Å². The molecule has 0 spiro atoms. The van der Waals surface area contributed by atoms with E-state index in [4.69, 9.17) is 14.2 Å². The molecule has 1 N–H and O–H groups in total. The van der Waals surface area contributed by atoms with Gasteiger partial charge in [-0.25, -0.2) is 4.79 Å². The fourth-order valence-corrected chi connectivity index (χ4v) is 3.17. The number of nitrogens with one attached hydrogen (secondary N) is 1. The number of hydrogen-bond acceptors (Lipinski definition) is 7. The molecule has 0 fully saturated rings. The summed E-state index contributed by atoms with van der Waals surface area (Å²) in [6.45, 7) is 2.08. The predicted molar refractivity (Wildman–Crippen MR) is 123 cm³/mol. The lowest BCUT2D eigenvalue weighted by Gasteiger charge is -2.10. The van der Waals surface area contributed by atoms with E-state index in [1.165, 1.54) is 0 Å². The summed E-state index contributed by atoms with van der Waals surface area (Å²) in [7, 11) is 0. The first-order valence-corrected chi connectivity index (χ1v) is 10.4. The Bertz CT molecular complexity index is 1200. The number of rotatable bonds is 8. The average Bonchev–Trinajstić information content (AvgIpc) is 3.14. The molecule has 0 aliphatic carbocycles. The minimum atomic E-state index is -0.746. The molecule has 0 radical (unpaired) electrons. The third-order valence-electron chi connectivity index (χ3n) is 4.71. The van der Waals surface area contributed by atoms with Crippen molar-refractivity contribution in [2.45, 2.75) is 13.5 Å². The van der Waals surface area contributed by atoms with Crippen LogP contribution in [0, 0.1) is 0 Å². The Balaban J connectivity index is 1.60. The molecule has 7 nitrogen and oxygen atoms in total. The van der Waals surface area contributed by atoms with Crippen LogP contribution in [-0.4, -0.2) is 23.3 Å². The van der Waals surface area contributed by atoms with E-state index < -0.39 is 11.8 Å². The van der Waals surface area contributed by atoms with Crippen LogP contribution < -0.4 is 10.1 Å². The van der Waals surface area contributed by atoms with E-state index in [1.807, 2.05) is 48.5 Å². The summed E-state index contributed by atoms with van der Waals surface area (Å²) in [6.07, 6.45) is 3.25. The fraction of sp³-hybridized carbons (Fsp3) is 0.115. The summed E-state index contributed by atoms with van der Waals surface area (Å²) in [5, 5.41) is 2.99. The molecule has 0 amide bonds. The lowest BCUT2D eigenvalue weighted by molar-refractivity contribution is -0.139. The van der Waals surface area contributed by atoms with Crippen LogP contribution in [0.4, 0.5) is 5.69 Å². The van der Waals surface area contributed by atoms with E-state index in [0.29, 0.717) is 17.0 Å². The van der Waals surface area contributed by atoms with Crippen molar-refractivity contribution >= 4 is 23.5 Å². The number of pyridine rings is 1. The molecule has 1 aromatic heterocycles. The van der Waals surface area contributed by atoms with Crippen molar-refractivity contribution in [3.05, 3.63) is 107 Å². The topological polar surface area (TPSA) is 86.8 Å². The summed E-state index contributed by atoms with van der Waals surface area (Å²) in [4.78, 5) is 29.8. The van der Waals surface area contributed by atoms with Gasteiger partial charge in [-0.3, -0.25) is 9.78 Å². The fourth-order valence-electron chi connectivity index (χ4n) is 3.17. The summed E-state index contributed by atoms with van der Waals surface area (Å²) in [5.74, 6) is -0.738. The third kappa shape index (κ3) is 5.27. The number of benzene rings is 2. The lowest BCUT2D eigenvalue weighted by atomic mass is 10.1. The van der Waals surface area contributed by atoms with Crippen molar-refractivity contribution in [1.29, 1.82) is 0 Å². The maximum absolute atomic E-state index is 13.1. The van der Waals surface area contributed by atoms with Gasteiger partial charge in [0.15, 0.2) is 11.3 Å². The zero-order valence-electron chi connectivity index (χ0n) is 18.0. The number of ketones is 1. The Labute approximate surface area is 191 Å². The SMILES string of the molecule is CCOC(=O)C1=C(Nc2ccccc2)OC(=Cc2ccccc2OCc2ccccn2)C1=O. The van der Waals surface area contributed by atoms with Crippen molar-refractivity contribution < 1.29 is 23.8 Å². The van der Waals surface area contributed by atoms with Crippen LogP contribution in [0.5, 0.6) is 5.75 Å². The molecule has 0 bridgehead atoms. The summed E-state index contributed by atoms with van der Waals surface area (Å²) in [5.41, 5.74) is 1.89. The van der Waals surface area contributed by atoms with Crippen LogP contribution in [0.1, 0.15) is 18.2 Å². The van der Waals surface area contributed by atoms with Crippen molar-refractivity contribution in [2.24, 2.45) is 0 Å².